The number of hydrogen-bond acceptors (Lipinski definition) is 6. The Morgan fingerprint density at radius 2 is 1.00 bits per heavy atom. The Kier molecular flexibility index (Phi) is 7.17. The average molecular weight is 498 g/mol. The second kappa shape index (κ2) is 10.3. The minimum Gasteiger partial charge on any atom is -0.427 e. The van der Waals surface area contributed by atoms with Crippen LogP contribution in [-0.2, 0) is 23.5 Å². The minimum atomic E-state index is -1.47. The third-order valence-corrected chi connectivity index (χ3v) is 8.16. The Morgan fingerprint density at radius 1 is 0.588 bits per heavy atom. The molecular formula is C26H28O6P2. The Balaban J connectivity index is 1.11. The van der Waals surface area contributed by atoms with Crippen LogP contribution in [-0.4, -0.2) is 26.4 Å². The molecule has 3 aromatic carbocycles. The summed E-state index contributed by atoms with van der Waals surface area (Å²) >= 11 is 0. The maximum absolute atomic E-state index is 5.98. The van der Waals surface area contributed by atoms with Gasteiger partial charge in [0, 0.05) is 5.41 Å². The molecule has 1 spiro atoms. The summed E-state index contributed by atoms with van der Waals surface area (Å²) in [6, 6.07) is 28.2. The van der Waals surface area contributed by atoms with Gasteiger partial charge in [-0.25, -0.2) is 0 Å². The molecule has 2 aliphatic heterocycles. The van der Waals surface area contributed by atoms with E-state index >= 15 is 0 Å². The van der Waals surface area contributed by atoms with Gasteiger partial charge in [0.25, 0.3) is 0 Å². The molecule has 8 heteroatoms. The molecule has 0 radical (unpaired) electrons. The molecule has 0 aromatic heterocycles. The molecule has 0 saturated carbocycles. The van der Waals surface area contributed by atoms with Crippen molar-refractivity contribution in [3.8, 4) is 11.5 Å². The first-order chi connectivity index (χ1) is 16.5. The van der Waals surface area contributed by atoms with Crippen molar-refractivity contribution < 1.29 is 27.1 Å². The lowest BCUT2D eigenvalue weighted by atomic mass is 9.78. The van der Waals surface area contributed by atoms with E-state index < -0.39 is 17.2 Å². The van der Waals surface area contributed by atoms with Gasteiger partial charge in [-0.2, -0.15) is 0 Å². The number of para-hydroxylation sites is 1. The van der Waals surface area contributed by atoms with Gasteiger partial charge >= 0.3 is 17.2 Å². The van der Waals surface area contributed by atoms with Gasteiger partial charge in [-0.15, -0.1) is 0 Å². The van der Waals surface area contributed by atoms with Crippen LogP contribution in [0.25, 0.3) is 0 Å². The van der Waals surface area contributed by atoms with Crippen LogP contribution in [0.15, 0.2) is 84.9 Å². The topological polar surface area (TPSA) is 55.4 Å². The zero-order valence-corrected chi connectivity index (χ0v) is 21.0. The van der Waals surface area contributed by atoms with Gasteiger partial charge in [0.05, 0.1) is 31.8 Å². The van der Waals surface area contributed by atoms with E-state index in [-0.39, 0.29) is 10.8 Å². The largest absolute Gasteiger partial charge is 0.427 e. The molecule has 3 aromatic rings. The molecule has 2 aliphatic rings. The molecule has 2 saturated heterocycles. The normalized spacial score (nSPS) is 25.1. The highest BCUT2D eigenvalue weighted by molar-refractivity contribution is 7.42. The second-order valence-corrected chi connectivity index (χ2v) is 11.3. The van der Waals surface area contributed by atoms with Crippen molar-refractivity contribution in [1.82, 2.24) is 0 Å². The first kappa shape index (κ1) is 23.7. The van der Waals surface area contributed by atoms with Crippen molar-refractivity contribution in [2.75, 3.05) is 26.4 Å². The fraction of sp³-hybridized carbons (Fsp3) is 0.308. The average Bonchev–Trinajstić information content (AvgIpc) is 2.89. The van der Waals surface area contributed by atoms with Gasteiger partial charge in [0.1, 0.15) is 11.5 Å². The Hall–Kier alpha value is -2.04. The quantitative estimate of drug-likeness (QED) is 0.341. The lowest BCUT2D eigenvalue weighted by Gasteiger charge is -2.41. The molecule has 0 amide bonds. The van der Waals surface area contributed by atoms with Crippen molar-refractivity contribution >= 4 is 17.2 Å². The van der Waals surface area contributed by atoms with E-state index in [2.05, 4.69) is 50.2 Å². The van der Waals surface area contributed by atoms with Crippen LogP contribution in [0.4, 0.5) is 0 Å². The summed E-state index contributed by atoms with van der Waals surface area (Å²) in [5.74, 6) is 1.46. The smallest absolute Gasteiger partial charge is 0.397 e. The van der Waals surface area contributed by atoms with Gasteiger partial charge in [0.15, 0.2) is 0 Å². The lowest BCUT2D eigenvalue weighted by Crippen LogP contribution is -2.45. The van der Waals surface area contributed by atoms with Crippen LogP contribution in [0.5, 0.6) is 11.5 Å². The highest BCUT2D eigenvalue weighted by Gasteiger charge is 2.44. The maximum atomic E-state index is 5.98. The van der Waals surface area contributed by atoms with Gasteiger partial charge in [0.2, 0.25) is 0 Å². The van der Waals surface area contributed by atoms with E-state index in [4.69, 9.17) is 27.1 Å². The van der Waals surface area contributed by atoms with E-state index in [0.717, 1.165) is 11.5 Å². The molecule has 0 bridgehead atoms. The molecule has 34 heavy (non-hydrogen) atoms. The second-order valence-electron chi connectivity index (χ2n) is 9.05. The molecule has 5 rings (SSSR count). The van der Waals surface area contributed by atoms with Crippen LogP contribution >= 0.6 is 17.2 Å². The molecule has 0 unspecified atom stereocenters. The maximum Gasteiger partial charge on any atom is 0.397 e. The standard InChI is InChI=1S/C26H28O6P2/c1-25(2,21-9-5-3-6-10-21)22-13-15-24(16-14-22)32-34-29-19-26(20-30-34)17-27-33(28-18-26)31-23-11-7-4-8-12-23/h3-16H,17-20H2,1-2H3. The number of hydrogen-bond donors (Lipinski definition) is 0. The molecular weight excluding hydrogens is 470 g/mol. The van der Waals surface area contributed by atoms with Crippen LogP contribution in [0.3, 0.4) is 0 Å². The lowest BCUT2D eigenvalue weighted by molar-refractivity contribution is -0.0672. The molecule has 2 fully saturated rings. The Morgan fingerprint density at radius 3 is 1.50 bits per heavy atom. The Labute approximate surface area is 203 Å². The zero-order valence-electron chi connectivity index (χ0n) is 19.3. The zero-order chi connectivity index (χ0) is 23.4. The first-order valence-electron chi connectivity index (χ1n) is 11.2. The third-order valence-electron chi connectivity index (χ3n) is 6.08. The fourth-order valence-electron chi connectivity index (χ4n) is 3.80. The van der Waals surface area contributed by atoms with Crippen molar-refractivity contribution in [1.29, 1.82) is 0 Å². The summed E-state index contributed by atoms with van der Waals surface area (Å²) in [7, 11) is -2.88. The van der Waals surface area contributed by atoms with E-state index in [1.807, 2.05) is 48.5 Å². The van der Waals surface area contributed by atoms with Crippen LogP contribution < -0.4 is 9.05 Å². The molecule has 0 aliphatic carbocycles. The van der Waals surface area contributed by atoms with Crippen LogP contribution in [0.2, 0.25) is 0 Å². The van der Waals surface area contributed by atoms with Gasteiger partial charge in [-0.05, 0) is 35.4 Å². The van der Waals surface area contributed by atoms with Gasteiger partial charge in [-0.1, -0.05) is 74.5 Å². The minimum absolute atomic E-state index is 0.0973. The van der Waals surface area contributed by atoms with E-state index in [1.165, 1.54) is 11.1 Å². The molecule has 0 atom stereocenters. The van der Waals surface area contributed by atoms with Crippen molar-refractivity contribution in [3.63, 3.8) is 0 Å². The number of rotatable bonds is 6. The monoisotopic (exact) mass is 498 g/mol. The van der Waals surface area contributed by atoms with Gasteiger partial charge < -0.3 is 27.1 Å². The summed E-state index contributed by atoms with van der Waals surface area (Å²) < 4.78 is 35.3. The Bertz CT molecular complexity index is 1040. The predicted molar refractivity (Wildman–Crippen MR) is 133 cm³/mol. The van der Waals surface area contributed by atoms with E-state index in [1.54, 1.807) is 0 Å². The van der Waals surface area contributed by atoms with E-state index in [0.29, 0.717) is 26.4 Å². The SMILES string of the molecule is CC(C)(c1ccccc1)c1ccc(OP2OCC3(COP(Oc4ccccc4)OC3)CO2)cc1. The van der Waals surface area contributed by atoms with Crippen molar-refractivity contribution in [2.45, 2.75) is 19.3 Å². The molecule has 6 nitrogen and oxygen atoms in total. The summed E-state index contributed by atoms with van der Waals surface area (Å²) in [4.78, 5) is 0. The molecule has 2 heterocycles. The first-order valence-corrected chi connectivity index (χ1v) is 13.4. The number of benzene rings is 3. The van der Waals surface area contributed by atoms with Crippen LogP contribution in [0.1, 0.15) is 25.0 Å². The highest BCUT2D eigenvalue weighted by Crippen LogP contribution is 2.53. The molecule has 178 valence electrons. The summed E-state index contributed by atoms with van der Waals surface area (Å²) in [5, 5.41) is 0. The van der Waals surface area contributed by atoms with E-state index in [9.17, 15) is 0 Å². The summed E-state index contributed by atoms with van der Waals surface area (Å²) in [5.41, 5.74) is 2.05. The third kappa shape index (κ3) is 5.44. The predicted octanol–water partition coefficient (Wildman–Crippen LogP) is 7.00. The van der Waals surface area contributed by atoms with Gasteiger partial charge in [-0.3, -0.25) is 0 Å². The van der Waals surface area contributed by atoms with Crippen LogP contribution in [0, 0.1) is 5.41 Å². The van der Waals surface area contributed by atoms with Crippen molar-refractivity contribution in [2.24, 2.45) is 5.41 Å². The summed E-state index contributed by atoms with van der Waals surface area (Å²) in [6.45, 7) is 6.26. The fourth-order valence-corrected chi connectivity index (χ4v) is 6.26. The molecule has 0 N–H and O–H groups in total. The summed E-state index contributed by atoms with van der Waals surface area (Å²) in [6.07, 6.45) is 0. The highest BCUT2D eigenvalue weighted by atomic mass is 31.2. The van der Waals surface area contributed by atoms with Crippen molar-refractivity contribution in [3.05, 3.63) is 96.1 Å².